The molecule has 0 amide bonds. The minimum atomic E-state index is 0.709. The van der Waals surface area contributed by atoms with Crippen LogP contribution in [0.1, 0.15) is 56.7 Å². The standard InChI is InChI=1S/C10H14.C8H7N.C2H6/c1-3-9(2)10-7-5-4-6-8-10;1-7-3-2-4-8(5-7)6-9;1-2/h4-9H,3H2,1-2H3;2-5H,1H3;1-2H3. The quantitative estimate of drug-likeness (QED) is 0.653. The van der Waals surface area contributed by atoms with Gasteiger partial charge in [-0.1, -0.05) is 70.2 Å². The van der Waals surface area contributed by atoms with Crippen LogP contribution in [0.3, 0.4) is 0 Å². The van der Waals surface area contributed by atoms with E-state index in [2.05, 4.69) is 50.2 Å². The summed E-state index contributed by atoms with van der Waals surface area (Å²) in [4.78, 5) is 0. The maximum atomic E-state index is 8.41. The first-order valence-electron chi connectivity index (χ1n) is 7.69. The highest BCUT2D eigenvalue weighted by molar-refractivity contribution is 5.31. The van der Waals surface area contributed by atoms with Crippen molar-refractivity contribution in [1.29, 1.82) is 5.26 Å². The van der Waals surface area contributed by atoms with Gasteiger partial charge in [0.25, 0.3) is 0 Å². The van der Waals surface area contributed by atoms with Gasteiger partial charge in [0.15, 0.2) is 0 Å². The van der Waals surface area contributed by atoms with Gasteiger partial charge in [0.1, 0.15) is 0 Å². The Morgan fingerprint density at radius 2 is 1.62 bits per heavy atom. The molecule has 1 heteroatoms. The van der Waals surface area contributed by atoms with Gasteiger partial charge in [-0.05, 0) is 42.5 Å². The lowest BCUT2D eigenvalue weighted by atomic mass is 9.99. The second-order valence-electron chi connectivity index (χ2n) is 4.70. The van der Waals surface area contributed by atoms with Crippen molar-refractivity contribution in [1.82, 2.24) is 0 Å². The van der Waals surface area contributed by atoms with Crippen molar-refractivity contribution >= 4 is 0 Å². The lowest BCUT2D eigenvalue weighted by Gasteiger charge is -2.06. The van der Waals surface area contributed by atoms with Gasteiger partial charge in [0, 0.05) is 0 Å². The molecule has 0 aliphatic rings. The zero-order chi connectivity index (χ0) is 16.1. The SMILES string of the molecule is CC.CCC(C)c1ccccc1.Cc1cccc(C#N)c1. The van der Waals surface area contributed by atoms with Crippen LogP contribution in [0.15, 0.2) is 54.6 Å². The molecule has 0 aromatic heterocycles. The van der Waals surface area contributed by atoms with E-state index in [0.29, 0.717) is 5.92 Å². The highest BCUT2D eigenvalue weighted by Gasteiger charge is 1.98. The van der Waals surface area contributed by atoms with Crippen LogP contribution in [0.2, 0.25) is 0 Å². The molecule has 0 aliphatic heterocycles. The summed E-state index contributed by atoms with van der Waals surface area (Å²) < 4.78 is 0. The van der Waals surface area contributed by atoms with Crippen LogP contribution < -0.4 is 0 Å². The van der Waals surface area contributed by atoms with E-state index in [4.69, 9.17) is 5.26 Å². The molecule has 0 bridgehead atoms. The largest absolute Gasteiger partial charge is 0.192 e. The minimum Gasteiger partial charge on any atom is -0.192 e. The Kier molecular flexibility index (Phi) is 10.6. The molecule has 0 radical (unpaired) electrons. The van der Waals surface area contributed by atoms with Gasteiger partial charge in [-0.3, -0.25) is 0 Å². The molecule has 0 saturated carbocycles. The summed E-state index contributed by atoms with van der Waals surface area (Å²) in [5, 5.41) is 8.41. The smallest absolute Gasteiger partial charge is 0.0991 e. The van der Waals surface area contributed by atoms with Crippen LogP contribution in [0.5, 0.6) is 0 Å². The number of aryl methyl sites for hydroxylation is 1. The molecule has 0 N–H and O–H groups in total. The molecule has 1 nitrogen and oxygen atoms in total. The number of nitriles is 1. The van der Waals surface area contributed by atoms with Crippen LogP contribution in [-0.2, 0) is 0 Å². The maximum Gasteiger partial charge on any atom is 0.0991 e. The average Bonchev–Trinajstić information content (AvgIpc) is 2.57. The van der Waals surface area contributed by atoms with Gasteiger partial charge in [0.2, 0.25) is 0 Å². The molecule has 2 aromatic rings. The van der Waals surface area contributed by atoms with Gasteiger partial charge in [0.05, 0.1) is 11.6 Å². The maximum absolute atomic E-state index is 8.41. The molecule has 21 heavy (non-hydrogen) atoms. The fraction of sp³-hybridized carbons (Fsp3) is 0.350. The molecule has 0 fully saturated rings. The fourth-order valence-electron chi connectivity index (χ4n) is 1.73. The zero-order valence-electron chi connectivity index (χ0n) is 13.9. The normalized spacial score (nSPS) is 10.1. The first kappa shape index (κ1) is 18.9. The van der Waals surface area contributed by atoms with E-state index in [0.717, 1.165) is 11.1 Å². The third-order valence-electron chi connectivity index (χ3n) is 3.13. The van der Waals surface area contributed by atoms with Crippen molar-refractivity contribution in [3.63, 3.8) is 0 Å². The van der Waals surface area contributed by atoms with Crippen molar-refractivity contribution in [3.05, 3.63) is 71.3 Å². The van der Waals surface area contributed by atoms with Crippen molar-refractivity contribution in [2.45, 2.75) is 47.0 Å². The second-order valence-corrected chi connectivity index (χ2v) is 4.70. The van der Waals surface area contributed by atoms with Crippen molar-refractivity contribution in [2.75, 3.05) is 0 Å². The van der Waals surface area contributed by atoms with Gasteiger partial charge in [-0.15, -0.1) is 0 Å². The van der Waals surface area contributed by atoms with E-state index in [1.54, 1.807) is 6.07 Å². The Hall–Kier alpha value is -2.07. The Balaban J connectivity index is 0.000000342. The summed E-state index contributed by atoms with van der Waals surface area (Å²) >= 11 is 0. The Bertz CT molecular complexity index is 523. The lowest BCUT2D eigenvalue weighted by molar-refractivity contribution is 0.733. The highest BCUT2D eigenvalue weighted by atomic mass is 14.2. The molecule has 0 saturated heterocycles. The minimum absolute atomic E-state index is 0.709. The van der Waals surface area contributed by atoms with Crippen LogP contribution in [0.25, 0.3) is 0 Å². The summed E-state index contributed by atoms with van der Waals surface area (Å²) in [6.45, 7) is 10.5. The molecular formula is C20H27N. The van der Waals surface area contributed by atoms with Crippen LogP contribution in [0.4, 0.5) is 0 Å². The number of rotatable bonds is 2. The first-order valence-corrected chi connectivity index (χ1v) is 7.69. The van der Waals surface area contributed by atoms with Crippen LogP contribution in [-0.4, -0.2) is 0 Å². The van der Waals surface area contributed by atoms with Gasteiger partial charge in [-0.2, -0.15) is 5.26 Å². The van der Waals surface area contributed by atoms with E-state index < -0.39 is 0 Å². The molecule has 1 atom stereocenters. The summed E-state index contributed by atoms with van der Waals surface area (Å²) in [7, 11) is 0. The van der Waals surface area contributed by atoms with E-state index in [1.807, 2.05) is 39.0 Å². The second kappa shape index (κ2) is 11.7. The van der Waals surface area contributed by atoms with Crippen molar-refractivity contribution < 1.29 is 0 Å². The topological polar surface area (TPSA) is 23.8 Å². The molecule has 0 aliphatic carbocycles. The van der Waals surface area contributed by atoms with Crippen molar-refractivity contribution in [2.24, 2.45) is 0 Å². The third-order valence-corrected chi connectivity index (χ3v) is 3.13. The summed E-state index contributed by atoms with van der Waals surface area (Å²) in [5.74, 6) is 0.709. The summed E-state index contributed by atoms with van der Waals surface area (Å²) in [6, 6.07) is 20.2. The number of hydrogen-bond donors (Lipinski definition) is 0. The Morgan fingerprint density at radius 1 is 1.00 bits per heavy atom. The summed E-state index contributed by atoms with van der Waals surface area (Å²) in [6.07, 6.45) is 1.23. The third kappa shape index (κ3) is 7.95. The highest BCUT2D eigenvalue weighted by Crippen LogP contribution is 2.16. The molecule has 2 aromatic carbocycles. The van der Waals surface area contributed by atoms with Gasteiger partial charge < -0.3 is 0 Å². The van der Waals surface area contributed by atoms with Gasteiger partial charge in [-0.25, -0.2) is 0 Å². The number of benzene rings is 2. The van der Waals surface area contributed by atoms with E-state index in [1.165, 1.54) is 12.0 Å². The predicted octanol–water partition coefficient (Wildman–Crippen LogP) is 6.09. The molecule has 0 heterocycles. The van der Waals surface area contributed by atoms with E-state index >= 15 is 0 Å². The number of nitrogens with zero attached hydrogens (tertiary/aromatic N) is 1. The van der Waals surface area contributed by atoms with E-state index in [-0.39, 0.29) is 0 Å². The molecule has 112 valence electrons. The van der Waals surface area contributed by atoms with Gasteiger partial charge >= 0.3 is 0 Å². The van der Waals surface area contributed by atoms with Crippen LogP contribution in [0, 0.1) is 18.3 Å². The predicted molar refractivity (Wildman–Crippen MR) is 92.4 cm³/mol. The summed E-state index contributed by atoms with van der Waals surface area (Å²) in [5.41, 5.74) is 3.31. The molecule has 2 rings (SSSR count). The van der Waals surface area contributed by atoms with Crippen molar-refractivity contribution in [3.8, 4) is 6.07 Å². The molecule has 1 unspecified atom stereocenters. The van der Waals surface area contributed by atoms with Crippen LogP contribution >= 0.6 is 0 Å². The number of hydrogen-bond acceptors (Lipinski definition) is 1. The Labute approximate surface area is 130 Å². The molecule has 0 spiro atoms. The first-order chi connectivity index (χ1) is 10.2. The zero-order valence-corrected chi connectivity index (χ0v) is 13.9. The monoisotopic (exact) mass is 281 g/mol. The average molecular weight is 281 g/mol. The lowest BCUT2D eigenvalue weighted by Crippen LogP contribution is -1.88. The molecular weight excluding hydrogens is 254 g/mol. The fourth-order valence-corrected chi connectivity index (χ4v) is 1.73. The van der Waals surface area contributed by atoms with E-state index in [9.17, 15) is 0 Å². The Morgan fingerprint density at radius 3 is 2.05 bits per heavy atom.